The number of carbonyl (C=O) groups is 1. The van der Waals surface area contributed by atoms with Gasteiger partial charge < -0.3 is 10.2 Å². The van der Waals surface area contributed by atoms with Crippen LogP contribution in [0.2, 0.25) is 0 Å². The van der Waals surface area contributed by atoms with Crippen molar-refractivity contribution >= 4 is 31.9 Å². The zero-order valence-electron chi connectivity index (χ0n) is 14.2. The van der Waals surface area contributed by atoms with E-state index in [0.29, 0.717) is 13.1 Å². The van der Waals surface area contributed by atoms with E-state index in [4.69, 9.17) is 0 Å². The number of piperazine rings is 1. The summed E-state index contributed by atoms with van der Waals surface area (Å²) in [5, 5.41) is 3.21. The lowest BCUT2D eigenvalue weighted by Gasteiger charge is -2.32. The number of nitrogens with zero attached hydrogens (tertiary/aromatic N) is 2. The number of rotatable bonds is 5. The standard InChI is InChI=1S/C17H24BrN3O3S/c18-14-5-7-16(8-6-14)25(23,24)21(15-3-1-2-4-15)13-17(22)20-11-9-19-10-12-20/h5-8,15,19H,1-4,9-13H2. The summed E-state index contributed by atoms with van der Waals surface area (Å²) in [4.78, 5) is 14.7. The fourth-order valence-electron chi connectivity index (χ4n) is 3.49. The van der Waals surface area contributed by atoms with E-state index in [9.17, 15) is 13.2 Å². The summed E-state index contributed by atoms with van der Waals surface area (Å²) in [5.74, 6) is -0.103. The Bertz CT molecular complexity index is 696. The predicted octanol–water partition coefficient (Wildman–Crippen LogP) is 1.81. The maximum absolute atomic E-state index is 13.2. The molecular weight excluding hydrogens is 406 g/mol. The van der Waals surface area contributed by atoms with Gasteiger partial charge in [0, 0.05) is 36.7 Å². The maximum atomic E-state index is 13.2. The summed E-state index contributed by atoms with van der Waals surface area (Å²) in [6, 6.07) is 6.55. The number of benzene rings is 1. The van der Waals surface area contributed by atoms with E-state index in [1.807, 2.05) is 0 Å². The molecule has 6 nitrogen and oxygen atoms in total. The van der Waals surface area contributed by atoms with Gasteiger partial charge in [0.2, 0.25) is 15.9 Å². The average molecular weight is 430 g/mol. The summed E-state index contributed by atoms with van der Waals surface area (Å²) in [5.41, 5.74) is 0. The van der Waals surface area contributed by atoms with E-state index in [2.05, 4.69) is 21.2 Å². The molecule has 0 aromatic heterocycles. The van der Waals surface area contributed by atoms with Crippen LogP contribution in [0.4, 0.5) is 0 Å². The largest absolute Gasteiger partial charge is 0.339 e. The van der Waals surface area contributed by atoms with Gasteiger partial charge in [0.1, 0.15) is 0 Å². The van der Waals surface area contributed by atoms with Crippen LogP contribution in [0.3, 0.4) is 0 Å². The Labute approximate surface area is 157 Å². The van der Waals surface area contributed by atoms with Crippen molar-refractivity contribution in [2.24, 2.45) is 0 Å². The maximum Gasteiger partial charge on any atom is 0.243 e. The Balaban J connectivity index is 1.83. The topological polar surface area (TPSA) is 69.7 Å². The van der Waals surface area contributed by atoms with E-state index in [1.165, 1.54) is 4.31 Å². The van der Waals surface area contributed by atoms with Crippen LogP contribution in [0.25, 0.3) is 0 Å². The molecule has 2 aliphatic rings. The van der Waals surface area contributed by atoms with Crippen molar-refractivity contribution in [2.75, 3.05) is 32.7 Å². The average Bonchev–Trinajstić information content (AvgIpc) is 3.14. The molecule has 1 aliphatic carbocycles. The molecule has 1 amide bonds. The number of carbonyl (C=O) groups excluding carboxylic acids is 1. The van der Waals surface area contributed by atoms with Gasteiger partial charge in [0.15, 0.2) is 0 Å². The van der Waals surface area contributed by atoms with E-state index >= 15 is 0 Å². The highest BCUT2D eigenvalue weighted by molar-refractivity contribution is 9.10. The summed E-state index contributed by atoms with van der Waals surface area (Å²) in [6.45, 7) is 2.72. The number of amides is 1. The van der Waals surface area contributed by atoms with Crippen molar-refractivity contribution in [3.05, 3.63) is 28.7 Å². The molecule has 25 heavy (non-hydrogen) atoms. The Morgan fingerprint density at radius 2 is 1.76 bits per heavy atom. The van der Waals surface area contributed by atoms with Crippen molar-refractivity contribution in [3.8, 4) is 0 Å². The molecule has 1 saturated carbocycles. The number of halogens is 1. The molecule has 1 aromatic rings. The number of hydrogen-bond donors (Lipinski definition) is 1. The fraction of sp³-hybridized carbons (Fsp3) is 0.588. The highest BCUT2D eigenvalue weighted by atomic mass is 79.9. The first-order valence-electron chi connectivity index (χ1n) is 8.74. The quantitative estimate of drug-likeness (QED) is 0.774. The third-order valence-corrected chi connectivity index (χ3v) is 7.35. The summed E-state index contributed by atoms with van der Waals surface area (Å²) >= 11 is 3.33. The van der Waals surface area contributed by atoms with Crippen molar-refractivity contribution in [3.63, 3.8) is 0 Å². The second-order valence-corrected chi connectivity index (χ2v) is 9.38. The fourth-order valence-corrected chi connectivity index (χ4v) is 5.39. The first kappa shape index (κ1) is 18.8. The van der Waals surface area contributed by atoms with Crippen molar-refractivity contribution in [2.45, 2.75) is 36.6 Å². The van der Waals surface area contributed by atoms with Gasteiger partial charge >= 0.3 is 0 Å². The van der Waals surface area contributed by atoms with Crippen molar-refractivity contribution in [1.82, 2.24) is 14.5 Å². The van der Waals surface area contributed by atoms with Crippen LogP contribution in [-0.4, -0.2) is 62.3 Å². The minimum Gasteiger partial charge on any atom is -0.339 e. The molecule has 0 unspecified atom stereocenters. The van der Waals surface area contributed by atoms with Gasteiger partial charge in [0.25, 0.3) is 0 Å². The van der Waals surface area contributed by atoms with Gasteiger partial charge in [-0.2, -0.15) is 4.31 Å². The lowest BCUT2D eigenvalue weighted by Crippen LogP contribution is -2.51. The molecule has 8 heteroatoms. The van der Waals surface area contributed by atoms with Crippen molar-refractivity contribution in [1.29, 1.82) is 0 Å². The van der Waals surface area contributed by atoms with Crippen LogP contribution in [0.15, 0.2) is 33.6 Å². The molecule has 0 spiro atoms. The van der Waals surface area contributed by atoms with Gasteiger partial charge in [-0.25, -0.2) is 8.42 Å². The van der Waals surface area contributed by atoms with Crippen LogP contribution >= 0.6 is 15.9 Å². The smallest absolute Gasteiger partial charge is 0.243 e. The van der Waals surface area contributed by atoms with Crippen LogP contribution in [-0.2, 0) is 14.8 Å². The number of hydrogen-bond acceptors (Lipinski definition) is 4. The molecule has 3 rings (SSSR count). The summed E-state index contributed by atoms with van der Waals surface area (Å²) in [6.07, 6.45) is 3.67. The molecule has 1 heterocycles. The van der Waals surface area contributed by atoms with Crippen LogP contribution in [0.5, 0.6) is 0 Å². The molecule has 1 N–H and O–H groups in total. The third-order valence-electron chi connectivity index (χ3n) is 4.91. The Morgan fingerprint density at radius 3 is 2.36 bits per heavy atom. The molecule has 0 radical (unpaired) electrons. The van der Waals surface area contributed by atoms with E-state index in [1.54, 1.807) is 29.2 Å². The highest BCUT2D eigenvalue weighted by Gasteiger charge is 2.35. The Morgan fingerprint density at radius 1 is 1.16 bits per heavy atom. The summed E-state index contributed by atoms with van der Waals surface area (Å²) < 4.78 is 28.6. The van der Waals surface area contributed by atoms with Gasteiger partial charge in [-0.05, 0) is 37.1 Å². The lowest BCUT2D eigenvalue weighted by atomic mass is 10.2. The van der Waals surface area contributed by atoms with E-state index in [0.717, 1.165) is 43.2 Å². The minimum absolute atomic E-state index is 0.0664. The molecule has 1 saturated heterocycles. The summed E-state index contributed by atoms with van der Waals surface area (Å²) in [7, 11) is -3.69. The Kier molecular flexibility index (Phi) is 6.14. The lowest BCUT2D eigenvalue weighted by molar-refractivity contribution is -0.132. The van der Waals surface area contributed by atoms with E-state index in [-0.39, 0.29) is 23.4 Å². The van der Waals surface area contributed by atoms with Gasteiger partial charge in [0.05, 0.1) is 11.4 Å². The monoisotopic (exact) mass is 429 g/mol. The second kappa shape index (κ2) is 8.16. The van der Waals surface area contributed by atoms with Crippen LogP contribution in [0.1, 0.15) is 25.7 Å². The zero-order chi connectivity index (χ0) is 17.9. The molecule has 2 fully saturated rings. The van der Waals surface area contributed by atoms with E-state index < -0.39 is 10.0 Å². The number of nitrogens with one attached hydrogen (secondary N) is 1. The minimum atomic E-state index is -3.69. The first-order valence-corrected chi connectivity index (χ1v) is 11.0. The predicted molar refractivity (Wildman–Crippen MR) is 99.7 cm³/mol. The first-order chi connectivity index (χ1) is 12.0. The third kappa shape index (κ3) is 4.42. The second-order valence-electron chi connectivity index (χ2n) is 6.57. The molecule has 0 atom stereocenters. The van der Waals surface area contributed by atoms with Crippen molar-refractivity contribution < 1.29 is 13.2 Å². The Hall–Kier alpha value is -0.960. The SMILES string of the molecule is O=C(CN(C1CCCC1)S(=O)(=O)c1ccc(Br)cc1)N1CCNCC1. The highest BCUT2D eigenvalue weighted by Crippen LogP contribution is 2.29. The van der Waals surface area contributed by atoms with Gasteiger partial charge in [-0.15, -0.1) is 0 Å². The normalized spacial score (nSPS) is 19.5. The molecule has 1 aromatic carbocycles. The molecule has 138 valence electrons. The van der Waals surface area contributed by atoms with Gasteiger partial charge in [-0.1, -0.05) is 28.8 Å². The van der Waals surface area contributed by atoms with Crippen LogP contribution in [0, 0.1) is 0 Å². The zero-order valence-corrected chi connectivity index (χ0v) is 16.6. The van der Waals surface area contributed by atoms with Gasteiger partial charge in [-0.3, -0.25) is 4.79 Å². The number of sulfonamides is 1. The molecular formula is C17H24BrN3O3S. The molecule has 1 aliphatic heterocycles. The van der Waals surface area contributed by atoms with Crippen LogP contribution < -0.4 is 5.32 Å². The molecule has 0 bridgehead atoms.